The fourth-order valence-electron chi connectivity index (χ4n) is 2.76. The number of hydrogen-bond donors (Lipinski definition) is 0. The lowest BCUT2D eigenvalue weighted by molar-refractivity contribution is -0.132. The summed E-state index contributed by atoms with van der Waals surface area (Å²) in [5.74, 6) is 0.243. The van der Waals surface area contributed by atoms with Gasteiger partial charge in [-0.3, -0.25) is 9.69 Å². The second-order valence-corrected chi connectivity index (χ2v) is 4.14. The summed E-state index contributed by atoms with van der Waals surface area (Å²) in [6, 6.07) is 1.29. The van der Waals surface area contributed by atoms with Crippen LogP contribution in [-0.2, 0) is 4.79 Å². The maximum Gasteiger partial charge on any atom is 0.219 e. The molecule has 2 rings (SSSR count). The number of rotatable bonds is 1. The number of amides is 1. The molecule has 2 unspecified atom stereocenters. The summed E-state index contributed by atoms with van der Waals surface area (Å²) in [5.41, 5.74) is 0. The smallest absolute Gasteiger partial charge is 0.219 e. The van der Waals surface area contributed by atoms with Gasteiger partial charge in [-0.25, -0.2) is 0 Å². The van der Waals surface area contributed by atoms with E-state index >= 15 is 0 Å². The zero-order valence-corrected chi connectivity index (χ0v) is 8.49. The highest BCUT2D eigenvalue weighted by Crippen LogP contribution is 2.29. The highest BCUT2D eigenvalue weighted by atomic mass is 16.2. The van der Waals surface area contributed by atoms with Crippen molar-refractivity contribution in [3.8, 4) is 0 Å². The van der Waals surface area contributed by atoms with Crippen molar-refractivity contribution in [2.75, 3.05) is 19.6 Å². The van der Waals surface area contributed by atoms with Gasteiger partial charge in [-0.05, 0) is 19.4 Å². The van der Waals surface area contributed by atoms with Crippen molar-refractivity contribution < 1.29 is 4.79 Å². The zero-order chi connectivity index (χ0) is 9.42. The molecule has 0 aromatic carbocycles. The third kappa shape index (κ3) is 1.46. The number of hydrogen-bond acceptors (Lipinski definition) is 2. The molecular formula is C10H18N2O. The van der Waals surface area contributed by atoms with Crippen LogP contribution in [0, 0.1) is 0 Å². The van der Waals surface area contributed by atoms with Crippen molar-refractivity contribution in [2.24, 2.45) is 0 Å². The lowest BCUT2D eigenvalue weighted by atomic mass is 10.2. The Bertz CT molecular complexity index is 203. The van der Waals surface area contributed by atoms with E-state index in [1.165, 1.54) is 12.8 Å². The molecule has 74 valence electrons. The predicted molar refractivity (Wildman–Crippen MR) is 51.4 cm³/mol. The molecule has 2 bridgehead atoms. The van der Waals surface area contributed by atoms with Crippen molar-refractivity contribution >= 4 is 5.91 Å². The lowest BCUT2D eigenvalue weighted by Gasteiger charge is -2.40. The summed E-state index contributed by atoms with van der Waals surface area (Å²) >= 11 is 0. The van der Waals surface area contributed by atoms with Crippen LogP contribution in [0.25, 0.3) is 0 Å². The van der Waals surface area contributed by atoms with Crippen LogP contribution >= 0.6 is 0 Å². The van der Waals surface area contributed by atoms with E-state index in [-0.39, 0.29) is 5.91 Å². The number of carbonyl (C=O) groups excluding carboxylic acids is 1. The van der Waals surface area contributed by atoms with Gasteiger partial charge in [-0.2, -0.15) is 0 Å². The molecule has 2 saturated heterocycles. The molecule has 1 amide bonds. The van der Waals surface area contributed by atoms with Gasteiger partial charge < -0.3 is 4.90 Å². The number of likely N-dealkylation sites (tertiary alicyclic amines) is 1. The standard InChI is InChI=1S/C10H18N2O/c1-3-12-9-4-5-10(12)7-11(6-9)8(2)13/h9-10H,3-7H2,1-2H3. The summed E-state index contributed by atoms with van der Waals surface area (Å²) < 4.78 is 0. The van der Waals surface area contributed by atoms with E-state index in [2.05, 4.69) is 11.8 Å². The largest absolute Gasteiger partial charge is 0.340 e. The number of carbonyl (C=O) groups is 1. The molecule has 0 aromatic heterocycles. The molecule has 2 aliphatic rings. The normalized spacial score (nSPS) is 33.8. The maximum atomic E-state index is 11.2. The first-order chi connectivity index (χ1) is 6.22. The molecule has 2 fully saturated rings. The first kappa shape index (κ1) is 9.00. The molecule has 0 radical (unpaired) electrons. The Morgan fingerprint density at radius 2 is 1.85 bits per heavy atom. The molecule has 13 heavy (non-hydrogen) atoms. The van der Waals surface area contributed by atoms with Gasteiger partial charge in [0, 0.05) is 32.1 Å². The fourth-order valence-corrected chi connectivity index (χ4v) is 2.76. The molecule has 0 spiro atoms. The fraction of sp³-hybridized carbons (Fsp3) is 0.900. The molecule has 3 heteroatoms. The van der Waals surface area contributed by atoms with E-state index in [0.717, 1.165) is 19.6 Å². The summed E-state index contributed by atoms with van der Waals surface area (Å²) in [6.07, 6.45) is 2.56. The SMILES string of the molecule is CCN1C2CCC1CN(C(C)=O)C2. The monoisotopic (exact) mass is 182 g/mol. The van der Waals surface area contributed by atoms with Crippen molar-refractivity contribution in [3.63, 3.8) is 0 Å². The molecule has 3 nitrogen and oxygen atoms in total. The van der Waals surface area contributed by atoms with E-state index in [1.54, 1.807) is 6.92 Å². The van der Waals surface area contributed by atoms with E-state index in [0.29, 0.717) is 12.1 Å². The lowest BCUT2D eigenvalue weighted by Crippen LogP contribution is -2.54. The summed E-state index contributed by atoms with van der Waals surface area (Å²) in [7, 11) is 0. The van der Waals surface area contributed by atoms with Crippen molar-refractivity contribution in [2.45, 2.75) is 38.8 Å². The number of piperazine rings is 1. The van der Waals surface area contributed by atoms with Crippen LogP contribution in [0.1, 0.15) is 26.7 Å². The molecule has 2 atom stereocenters. The Morgan fingerprint density at radius 1 is 1.31 bits per heavy atom. The Morgan fingerprint density at radius 3 is 2.23 bits per heavy atom. The minimum absolute atomic E-state index is 0.243. The quantitative estimate of drug-likeness (QED) is 0.596. The highest BCUT2D eigenvalue weighted by Gasteiger charge is 2.39. The Hall–Kier alpha value is -0.570. The first-order valence-corrected chi connectivity index (χ1v) is 5.23. The van der Waals surface area contributed by atoms with Crippen LogP contribution in [0.4, 0.5) is 0 Å². The van der Waals surface area contributed by atoms with E-state index in [4.69, 9.17) is 0 Å². The average molecular weight is 182 g/mol. The second kappa shape index (κ2) is 3.29. The summed E-state index contributed by atoms with van der Waals surface area (Å²) in [6.45, 7) is 6.95. The van der Waals surface area contributed by atoms with Gasteiger partial charge in [0.2, 0.25) is 5.91 Å². The zero-order valence-electron chi connectivity index (χ0n) is 8.49. The first-order valence-electron chi connectivity index (χ1n) is 5.23. The van der Waals surface area contributed by atoms with Gasteiger partial charge in [0.15, 0.2) is 0 Å². The third-order valence-corrected chi connectivity index (χ3v) is 3.44. The van der Waals surface area contributed by atoms with Crippen LogP contribution in [0.2, 0.25) is 0 Å². The highest BCUT2D eigenvalue weighted by molar-refractivity contribution is 5.73. The average Bonchev–Trinajstić information content (AvgIpc) is 2.34. The number of fused-ring (bicyclic) bond motifs is 2. The second-order valence-electron chi connectivity index (χ2n) is 4.14. The molecule has 0 N–H and O–H groups in total. The van der Waals surface area contributed by atoms with Crippen molar-refractivity contribution in [3.05, 3.63) is 0 Å². The van der Waals surface area contributed by atoms with Gasteiger partial charge in [-0.15, -0.1) is 0 Å². The van der Waals surface area contributed by atoms with Crippen LogP contribution < -0.4 is 0 Å². The van der Waals surface area contributed by atoms with Crippen LogP contribution in [0.15, 0.2) is 0 Å². The van der Waals surface area contributed by atoms with Crippen LogP contribution in [-0.4, -0.2) is 47.4 Å². The van der Waals surface area contributed by atoms with Crippen molar-refractivity contribution in [1.29, 1.82) is 0 Å². The van der Waals surface area contributed by atoms with Crippen LogP contribution in [0.5, 0.6) is 0 Å². The van der Waals surface area contributed by atoms with E-state index in [9.17, 15) is 4.79 Å². The molecule has 0 aliphatic carbocycles. The number of nitrogens with zero attached hydrogens (tertiary/aromatic N) is 2. The Balaban J connectivity index is 2.06. The minimum atomic E-state index is 0.243. The molecule has 2 heterocycles. The van der Waals surface area contributed by atoms with Gasteiger partial charge in [0.1, 0.15) is 0 Å². The molecule has 0 aromatic rings. The maximum absolute atomic E-state index is 11.2. The topological polar surface area (TPSA) is 23.6 Å². The third-order valence-electron chi connectivity index (χ3n) is 3.44. The minimum Gasteiger partial charge on any atom is -0.340 e. The summed E-state index contributed by atoms with van der Waals surface area (Å²) in [4.78, 5) is 15.8. The van der Waals surface area contributed by atoms with Gasteiger partial charge in [0.05, 0.1) is 0 Å². The Labute approximate surface area is 79.7 Å². The Kier molecular flexibility index (Phi) is 2.28. The van der Waals surface area contributed by atoms with E-state index in [1.807, 2.05) is 4.90 Å². The summed E-state index contributed by atoms with van der Waals surface area (Å²) in [5, 5.41) is 0. The van der Waals surface area contributed by atoms with Gasteiger partial charge in [0.25, 0.3) is 0 Å². The van der Waals surface area contributed by atoms with Crippen molar-refractivity contribution in [1.82, 2.24) is 9.80 Å². The molecule has 2 aliphatic heterocycles. The predicted octanol–water partition coefficient (Wildman–Crippen LogP) is 0.701. The van der Waals surface area contributed by atoms with E-state index < -0.39 is 0 Å². The van der Waals surface area contributed by atoms with Crippen LogP contribution in [0.3, 0.4) is 0 Å². The van der Waals surface area contributed by atoms with Gasteiger partial charge in [-0.1, -0.05) is 6.92 Å². The van der Waals surface area contributed by atoms with Gasteiger partial charge >= 0.3 is 0 Å². The molecule has 0 saturated carbocycles. The number of likely N-dealkylation sites (N-methyl/N-ethyl adjacent to an activating group) is 1. The molecular weight excluding hydrogens is 164 g/mol.